The number of carbonyl (C=O) groups is 1. The predicted octanol–water partition coefficient (Wildman–Crippen LogP) is 4.03. The highest BCUT2D eigenvalue weighted by Crippen LogP contribution is 2.33. The van der Waals surface area contributed by atoms with Crippen LogP contribution in [0.25, 0.3) is 17.4 Å². The van der Waals surface area contributed by atoms with Gasteiger partial charge in [0.15, 0.2) is 4.80 Å². The van der Waals surface area contributed by atoms with Gasteiger partial charge in [-0.3, -0.25) is 19.5 Å². The zero-order chi connectivity index (χ0) is 25.4. The molecule has 0 aliphatic carbocycles. The first-order valence-corrected chi connectivity index (χ1v) is 12.7. The van der Waals surface area contributed by atoms with Crippen LogP contribution in [0.4, 0.5) is 5.69 Å². The number of nitro groups is 1. The van der Waals surface area contributed by atoms with Crippen LogP contribution in [0.15, 0.2) is 79.4 Å². The minimum absolute atomic E-state index is 0.0734. The summed E-state index contributed by atoms with van der Waals surface area (Å²) < 4.78 is 13.0. The number of fused-ring (bicyclic) bond motifs is 1. The molecule has 0 spiro atoms. The number of ether oxygens (including phenoxy) is 1. The molecule has 1 aromatic carbocycles. The molecule has 0 bridgehead atoms. The van der Waals surface area contributed by atoms with Crippen molar-refractivity contribution in [3.63, 3.8) is 0 Å². The number of para-hydroxylation sites is 1. The lowest BCUT2D eigenvalue weighted by molar-refractivity contribution is -0.384. The van der Waals surface area contributed by atoms with Gasteiger partial charge < -0.3 is 9.15 Å². The number of hydrogen-bond acceptors (Lipinski definition) is 9. The molecule has 0 saturated carbocycles. The largest absolute Gasteiger partial charge is 0.463 e. The number of nitro benzene ring substituents is 1. The van der Waals surface area contributed by atoms with Crippen LogP contribution in [0.5, 0.6) is 0 Å². The first-order chi connectivity index (χ1) is 17.4. The van der Waals surface area contributed by atoms with Crippen molar-refractivity contribution >= 4 is 40.4 Å². The fourth-order valence-electron chi connectivity index (χ4n) is 4.05. The summed E-state index contributed by atoms with van der Waals surface area (Å²) in [5.41, 5.74) is 0.771. The van der Waals surface area contributed by atoms with E-state index in [0.29, 0.717) is 37.7 Å². The van der Waals surface area contributed by atoms with Gasteiger partial charge in [-0.05, 0) is 43.5 Å². The van der Waals surface area contributed by atoms with Gasteiger partial charge in [-0.15, -0.1) is 11.3 Å². The Morgan fingerprint density at radius 1 is 1.25 bits per heavy atom. The molecule has 0 fully saturated rings. The maximum Gasteiger partial charge on any atom is 0.338 e. The maximum absolute atomic E-state index is 13.6. The summed E-state index contributed by atoms with van der Waals surface area (Å²) in [5.74, 6) is 0.173. The minimum atomic E-state index is -0.651. The number of esters is 1. The topological polar surface area (TPSA) is 117 Å². The predicted molar refractivity (Wildman–Crippen MR) is 136 cm³/mol. The Morgan fingerprint density at radius 2 is 2.06 bits per heavy atom. The number of allylic oxidation sites excluding steroid dienone is 1. The first kappa shape index (κ1) is 23.6. The maximum atomic E-state index is 13.6. The zero-order valence-corrected chi connectivity index (χ0v) is 20.8. The van der Waals surface area contributed by atoms with Gasteiger partial charge in [-0.2, -0.15) is 0 Å². The molecular formula is C25H19N3O6S2. The fourth-order valence-corrected chi connectivity index (χ4v) is 5.90. The van der Waals surface area contributed by atoms with Crippen molar-refractivity contribution in [2.45, 2.75) is 19.9 Å². The molecule has 0 saturated heterocycles. The van der Waals surface area contributed by atoms with Crippen molar-refractivity contribution in [1.82, 2.24) is 4.57 Å². The molecule has 1 aliphatic rings. The van der Waals surface area contributed by atoms with Crippen LogP contribution in [0.3, 0.4) is 0 Å². The quantitative estimate of drug-likeness (QED) is 0.215. The normalized spacial score (nSPS) is 15.5. The molecule has 0 unspecified atom stereocenters. The summed E-state index contributed by atoms with van der Waals surface area (Å²) >= 11 is 2.62. The molecule has 0 amide bonds. The number of furan rings is 1. The highest BCUT2D eigenvalue weighted by Gasteiger charge is 2.33. The van der Waals surface area contributed by atoms with E-state index >= 15 is 0 Å². The molecule has 4 aromatic rings. The van der Waals surface area contributed by atoms with Gasteiger partial charge in [0.2, 0.25) is 0 Å². The summed E-state index contributed by atoms with van der Waals surface area (Å²) in [6.07, 6.45) is 1.58. The molecule has 36 heavy (non-hydrogen) atoms. The van der Waals surface area contributed by atoms with E-state index < -0.39 is 16.9 Å². The number of rotatable bonds is 6. The van der Waals surface area contributed by atoms with E-state index in [1.807, 2.05) is 17.5 Å². The number of aromatic nitrogens is 1. The van der Waals surface area contributed by atoms with Gasteiger partial charge in [0.25, 0.3) is 11.2 Å². The first-order valence-electron chi connectivity index (χ1n) is 11.0. The minimum Gasteiger partial charge on any atom is -0.463 e. The van der Waals surface area contributed by atoms with Crippen LogP contribution >= 0.6 is 22.7 Å². The Kier molecular flexibility index (Phi) is 6.25. The molecule has 182 valence electrons. The zero-order valence-electron chi connectivity index (χ0n) is 19.2. The molecule has 4 heterocycles. The lowest BCUT2D eigenvalue weighted by Gasteiger charge is -2.23. The van der Waals surface area contributed by atoms with Gasteiger partial charge in [-0.25, -0.2) is 9.79 Å². The van der Waals surface area contributed by atoms with E-state index in [1.165, 1.54) is 33.3 Å². The second-order valence-corrected chi connectivity index (χ2v) is 9.78. The van der Waals surface area contributed by atoms with E-state index in [9.17, 15) is 19.7 Å². The van der Waals surface area contributed by atoms with E-state index in [4.69, 9.17) is 9.15 Å². The van der Waals surface area contributed by atoms with E-state index in [-0.39, 0.29) is 17.9 Å². The molecular weight excluding hydrogens is 502 g/mol. The molecule has 1 atom stereocenters. The van der Waals surface area contributed by atoms with Crippen molar-refractivity contribution < 1.29 is 18.9 Å². The van der Waals surface area contributed by atoms with Crippen molar-refractivity contribution in [2.75, 3.05) is 6.61 Å². The van der Waals surface area contributed by atoms with Gasteiger partial charge in [0.1, 0.15) is 17.6 Å². The molecule has 9 nitrogen and oxygen atoms in total. The van der Waals surface area contributed by atoms with Crippen LogP contribution in [0, 0.1) is 10.1 Å². The molecule has 3 aromatic heterocycles. The lowest BCUT2D eigenvalue weighted by atomic mass is 10.0. The van der Waals surface area contributed by atoms with E-state index in [0.717, 1.165) is 4.88 Å². The van der Waals surface area contributed by atoms with Crippen LogP contribution in [-0.2, 0) is 9.53 Å². The average molecular weight is 522 g/mol. The Balaban J connectivity index is 1.62. The Labute approximate surface area is 212 Å². The van der Waals surface area contributed by atoms with Crippen molar-refractivity contribution in [2.24, 2.45) is 4.99 Å². The monoisotopic (exact) mass is 521 g/mol. The highest BCUT2D eigenvalue weighted by atomic mass is 32.1. The van der Waals surface area contributed by atoms with E-state index in [2.05, 4.69) is 4.99 Å². The summed E-state index contributed by atoms with van der Waals surface area (Å²) in [5, 5.41) is 13.3. The highest BCUT2D eigenvalue weighted by molar-refractivity contribution is 7.10. The van der Waals surface area contributed by atoms with Crippen LogP contribution in [0.2, 0.25) is 0 Å². The SMILES string of the molecule is CCOC(=O)C1=C(C)N=c2s/c(=C\c3ccc(-c4ccccc4[N+](=O)[O-])o3)c(=O)n2[C@H]1c1cccs1. The second-order valence-electron chi connectivity index (χ2n) is 7.79. The Hall–Kier alpha value is -4.09. The third-order valence-electron chi connectivity index (χ3n) is 5.60. The number of carbonyl (C=O) groups excluding carboxylic acids is 1. The molecule has 11 heteroatoms. The number of thiazole rings is 1. The van der Waals surface area contributed by atoms with Crippen LogP contribution in [0.1, 0.15) is 30.5 Å². The average Bonchev–Trinajstić information content (AvgIpc) is 3.60. The summed E-state index contributed by atoms with van der Waals surface area (Å²) in [7, 11) is 0. The van der Waals surface area contributed by atoms with Crippen LogP contribution in [-0.4, -0.2) is 22.1 Å². The Morgan fingerprint density at radius 3 is 2.78 bits per heavy atom. The van der Waals surface area contributed by atoms with Crippen LogP contribution < -0.4 is 14.9 Å². The number of thiophene rings is 1. The van der Waals surface area contributed by atoms with Gasteiger partial charge >= 0.3 is 5.97 Å². The molecule has 0 radical (unpaired) electrons. The number of benzene rings is 1. The van der Waals surface area contributed by atoms with Crippen molar-refractivity contribution in [3.8, 4) is 11.3 Å². The van der Waals surface area contributed by atoms with Gasteiger partial charge in [-0.1, -0.05) is 29.5 Å². The second kappa shape index (κ2) is 9.51. The van der Waals surface area contributed by atoms with E-state index in [1.54, 1.807) is 50.3 Å². The third-order valence-corrected chi connectivity index (χ3v) is 7.50. The molecule has 5 rings (SSSR count). The summed E-state index contributed by atoms with van der Waals surface area (Å²) in [4.78, 5) is 43.1. The molecule has 0 N–H and O–H groups in total. The standard InChI is InChI=1S/C25H19N3O6S2/c1-3-33-24(30)21-14(2)26-25-27(22(21)19-9-6-12-35-19)23(29)20(36-25)13-15-10-11-18(34-15)16-7-4-5-8-17(16)28(31)32/h4-13,22H,3H2,1-2H3/b20-13-/t22-/m0/s1. The Bertz CT molecular complexity index is 1690. The van der Waals surface area contributed by atoms with Gasteiger partial charge in [0.05, 0.1) is 32.9 Å². The third kappa shape index (κ3) is 4.12. The number of hydrogen-bond donors (Lipinski definition) is 0. The number of nitrogens with zero attached hydrogens (tertiary/aromatic N) is 3. The van der Waals surface area contributed by atoms with Crippen molar-refractivity contribution in [3.05, 3.63) is 106 Å². The van der Waals surface area contributed by atoms with Gasteiger partial charge in [0, 0.05) is 17.0 Å². The smallest absolute Gasteiger partial charge is 0.338 e. The molecule has 1 aliphatic heterocycles. The summed E-state index contributed by atoms with van der Waals surface area (Å²) in [6.45, 7) is 3.66. The summed E-state index contributed by atoms with van der Waals surface area (Å²) in [6, 6.07) is 12.6. The lowest BCUT2D eigenvalue weighted by Crippen LogP contribution is -2.39. The van der Waals surface area contributed by atoms with Crippen molar-refractivity contribution in [1.29, 1.82) is 0 Å². The fraction of sp³-hybridized carbons (Fsp3) is 0.160.